The Morgan fingerprint density at radius 2 is 2.11 bits per heavy atom. The third-order valence-electron chi connectivity index (χ3n) is 2.59. The first-order valence-electron chi connectivity index (χ1n) is 6.32. The molecule has 0 fully saturated rings. The molecule has 2 N–H and O–H groups in total. The van der Waals surface area contributed by atoms with Crippen LogP contribution >= 0.6 is 24.0 Å². The molecule has 0 saturated carbocycles. The Morgan fingerprint density at radius 3 is 2.68 bits per heavy atom. The summed E-state index contributed by atoms with van der Waals surface area (Å²) in [4.78, 5) is 4.08. The van der Waals surface area contributed by atoms with E-state index in [4.69, 9.17) is 4.74 Å². The number of aryl methyl sites for hydroxylation is 1. The summed E-state index contributed by atoms with van der Waals surface area (Å²) in [6, 6.07) is 6.27. The van der Waals surface area contributed by atoms with E-state index in [1.807, 2.05) is 7.05 Å². The SMILES string of the molecule is CCCOc1cc(C)ccc1CNC(=NC)NC.I. The lowest BCUT2D eigenvalue weighted by Gasteiger charge is -2.14. The molecule has 0 heterocycles. The molecular formula is C14H24IN3O. The fourth-order valence-corrected chi connectivity index (χ4v) is 1.61. The van der Waals surface area contributed by atoms with Crippen molar-refractivity contribution in [2.24, 2.45) is 4.99 Å². The topological polar surface area (TPSA) is 45.6 Å². The highest BCUT2D eigenvalue weighted by Crippen LogP contribution is 2.20. The summed E-state index contributed by atoms with van der Waals surface area (Å²) in [6.45, 7) is 5.63. The molecule has 5 heteroatoms. The third kappa shape index (κ3) is 6.13. The zero-order valence-electron chi connectivity index (χ0n) is 12.1. The molecule has 0 aromatic heterocycles. The van der Waals surface area contributed by atoms with Crippen molar-refractivity contribution in [1.29, 1.82) is 0 Å². The van der Waals surface area contributed by atoms with Gasteiger partial charge in [-0.1, -0.05) is 19.1 Å². The van der Waals surface area contributed by atoms with Crippen molar-refractivity contribution < 1.29 is 4.74 Å². The molecule has 1 rings (SSSR count). The number of rotatable bonds is 5. The number of hydrogen-bond donors (Lipinski definition) is 2. The summed E-state index contributed by atoms with van der Waals surface area (Å²) in [7, 11) is 3.60. The molecule has 19 heavy (non-hydrogen) atoms. The van der Waals surface area contributed by atoms with Crippen LogP contribution in [-0.4, -0.2) is 26.7 Å². The predicted molar refractivity (Wildman–Crippen MR) is 91.6 cm³/mol. The van der Waals surface area contributed by atoms with E-state index in [0.29, 0.717) is 6.54 Å². The van der Waals surface area contributed by atoms with Crippen molar-refractivity contribution in [3.05, 3.63) is 29.3 Å². The molecule has 4 nitrogen and oxygen atoms in total. The predicted octanol–water partition coefficient (Wildman–Crippen LogP) is 2.70. The minimum atomic E-state index is 0. The molecule has 0 bridgehead atoms. The zero-order chi connectivity index (χ0) is 13.4. The Kier molecular flexibility index (Phi) is 9.38. The van der Waals surface area contributed by atoms with Gasteiger partial charge in [0.25, 0.3) is 0 Å². The minimum absolute atomic E-state index is 0. The molecule has 108 valence electrons. The van der Waals surface area contributed by atoms with E-state index in [9.17, 15) is 0 Å². The molecule has 0 spiro atoms. The lowest BCUT2D eigenvalue weighted by Crippen LogP contribution is -2.34. The molecule has 0 unspecified atom stereocenters. The Labute approximate surface area is 133 Å². The van der Waals surface area contributed by atoms with E-state index in [-0.39, 0.29) is 24.0 Å². The maximum Gasteiger partial charge on any atom is 0.190 e. The second-order valence-electron chi connectivity index (χ2n) is 4.14. The maximum absolute atomic E-state index is 5.77. The maximum atomic E-state index is 5.77. The first-order valence-corrected chi connectivity index (χ1v) is 6.32. The first-order chi connectivity index (χ1) is 8.71. The van der Waals surface area contributed by atoms with Gasteiger partial charge in [-0.3, -0.25) is 4.99 Å². The van der Waals surface area contributed by atoms with Gasteiger partial charge in [0, 0.05) is 26.2 Å². The number of nitrogens with zero attached hydrogens (tertiary/aromatic N) is 1. The number of halogens is 1. The number of benzene rings is 1. The second kappa shape index (κ2) is 9.89. The van der Waals surface area contributed by atoms with Crippen LogP contribution < -0.4 is 15.4 Å². The lowest BCUT2D eigenvalue weighted by molar-refractivity contribution is 0.313. The molecule has 0 amide bonds. The number of guanidine groups is 1. The molecule has 0 saturated heterocycles. The monoisotopic (exact) mass is 377 g/mol. The molecule has 0 aliphatic rings. The zero-order valence-corrected chi connectivity index (χ0v) is 14.4. The molecule has 0 atom stereocenters. The van der Waals surface area contributed by atoms with Crippen molar-refractivity contribution in [1.82, 2.24) is 10.6 Å². The van der Waals surface area contributed by atoms with Gasteiger partial charge in [0.05, 0.1) is 6.61 Å². The number of ether oxygens (including phenoxy) is 1. The van der Waals surface area contributed by atoms with E-state index in [1.165, 1.54) is 5.56 Å². The van der Waals surface area contributed by atoms with E-state index in [0.717, 1.165) is 30.3 Å². The molecule has 0 aliphatic carbocycles. The van der Waals surface area contributed by atoms with Crippen LogP contribution in [0.25, 0.3) is 0 Å². The van der Waals surface area contributed by atoms with Crippen molar-refractivity contribution in [3.8, 4) is 5.75 Å². The minimum Gasteiger partial charge on any atom is -0.493 e. The first kappa shape index (κ1) is 18.0. The highest BCUT2D eigenvalue weighted by atomic mass is 127. The largest absolute Gasteiger partial charge is 0.493 e. The lowest BCUT2D eigenvalue weighted by atomic mass is 10.1. The standard InChI is InChI=1S/C14H23N3O.HI/c1-5-8-18-13-9-11(2)6-7-12(13)10-17-14(15-3)16-4;/h6-7,9H,5,8,10H2,1-4H3,(H2,15,16,17);1H. The Balaban J connectivity index is 0.00000324. The van der Waals surface area contributed by atoms with Crippen LogP contribution in [0, 0.1) is 6.92 Å². The normalized spacial score (nSPS) is 10.6. The van der Waals surface area contributed by atoms with Gasteiger partial charge in [0.1, 0.15) is 5.75 Å². The summed E-state index contributed by atoms with van der Waals surface area (Å²) >= 11 is 0. The molecular weight excluding hydrogens is 353 g/mol. The van der Waals surface area contributed by atoms with Gasteiger partial charge in [-0.25, -0.2) is 0 Å². The van der Waals surface area contributed by atoms with Crippen molar-refractivity contribution in [3.63, 3.8) is 0 Å². The summed E-state index contributed by atoms with van der Waals surface area (Å²) < 4.78 is 5.77. The molecule has 1 aromatic rings. The fourth-order valence-electron chi connectivity index (χ4n) is 1.61. The molecule has 1 aromatic carbocycles. The fraction of sp³-hybridized carbons (Fsp3) is 0.500. The van der Waals surface area contributed by atoms with E-state index < -0.39 is 0 Å². The third-order valence-corrected chi connectivity index (χ3v) is 2.59. The van der Waals surface area contributed by atoms with Crippen LogP contribution in [0.2, 0.25) is 0 Å². The van der Waals surface area contributed by atoms with Crippen LogP contribution in [0.15, 0.2) is 23.2 Å². The smallest absolute Gasteiger partial charge is 0.190 e. The summed E-state index contributed by atoms with van der Waals surface area (Å²) in [5, 5.41) is 6.22. The number of hydrogen-bond acceptors (Lipinski definition) is 2. The van der Waals surface area contributed by atoms with E-state index in [1.54, 1.807) is 7.05 Å². The van der Waals surface area contributed by atoms with Crippen molar-refractivity contribution >= 4 is 29.9 Å². The highest BCUT2D eigenvalue weighted by molar-refractivity contribution is 14.0. The van der Waals surface area contributed by atoms with E-state index in [2.05, 4.69) is 47.7 Å². The van der Waals surface area contributed by atoms with Crippen LogP contribution in [-0.2, 0) is 6.54 Å². The summed E-state index contributed by atoms with van der Waals surface area (Å²) in [5.41, 5.74) is 2.35. The van der Waals surface area contributed by atoms with Crippen molar-refractivity contribution in [2.45, 2.75) is 26.8 Å². The second-order valence-corrected chi connectivity index (χ2v) is 4.14. The van der Waals surface area contributed by atoms with Gasteiger partial charge in [0.2, 0.25) is 0 Å². The average molecular weight is 377 g/mol. The van der Waals surface area contributed by atoms with Crippen LogP contribution in [0.4, 0.5) is 0 Å². The van der Waals surface area contributed by atoms with Crippen LogP contribution in [0.5, 0.6) is 5.75 Å². The quantitative estimate of drug-likeness (QED) is 0.471. The average Bonchev–Trinajstić information content (AvgIpc) is 2.39. The van der Waals surface area contributed by atoms with Gasteiger partial charge in [0.15, 0.2) is 5.96 Å². The number of nitrogens with one attached hydrogen (secondary N) is 2. The highest BCUT2D eigenvalue weighted by Gasteiger charge is 2.04. The van der Waals surface area contributed by atoms with Crippen LogP contribution in [0.3, 0.4) is 0 Å². The summed E-state index contributed by atoms with van der Waals surface area (Å²) in [6.07, 6.45) is 1.01. The van der Waals surface area contributed by atoms with Gasteiger partial charge < -0.3 is 15.4 Å². The van der Waals surface area contributed by atoms with Crippen LogP contribution in [0.1, 0.15) is 24.5 Å². The molecule has 0 radical (unpaired) electrons. The van der Waals surface area contributed by atoms with Gasteiger partial charge in [-0.2, -0.15) is 0 Å². The van der Waals surface area contributed by atoms with Crippen molar-refractivity contribution in [2.75, 3.05) is 20.7 Å². The van der Waals surface area contributed by atoms with Gasteiger partial charge in [-0.15, -0.1) is 24.0 Å². The number of aliphatic imine (C=N–C) groups is 1. The molecule has 0 aliphatic heterocycles. The Hall–Kier alpha value is -0.980. The Morgan fingerprint density at radius 1 is 1.37 bits per heavy atom. The van der Waals surface area contributed by atoms with Gasteiger partial charge in [-0.05, 0) is 25.0 Å². The Bertz CT molecular complexity index is 408. The summed E-state index contributed by atoms with van der Waals surface area (Å²) in [5.74, 6) is 1.73. The van der Waals surface area contributed by atoms with Gasteiger partial charge >= 0.3 is 0 Å². The van der Waals surface area contributed by atoms with E-state index >= 15 is 0 Å².